The standard InChI is InChI=1S/C11H15BrN2O3S/c1-4-7(2)14-18(15,16)11-6-9(13)8(12)5-10(11)17-3/h4-7,14H,1,13H2,2-3H3. The molecule has 1 unspecified atom stereocenters. The van der Waals surface area contributed by atoms with Gasteiger partial charge in [0.25, 0.3) is 0 Å². The second-order valence-electron chi connectivity index (χ2n) is 3.67. The molecule has 100 valence electrons. The largest absolute Gasteiger partial charge is 0.495 e. The lowest BCUT2D eigenvalue weighted by Gasteiger charge is -2.14. The van der Waals surface area contributed by atoms with Gasteiger partial charge in [0.15, 0.2) is 0 Å². The number of nitrogens with two attached hydrogens (primary N) is 1. The van der Waals surface area contributed by atoms with Gasteiger partial charge >= 0.3 is 0 Å². The van der Waals surface area contributed by atoms with Crippen LogP contribution in [0.4, 0.5) is 5.69 Å². The molecule has 1 atom stereocenters. The Morgan fingerprint density at radius 1 is 1.56 bits per heavy atom. The molecule has 0 spiro atoms. The summed E-state index contributed by atoms with van der Waals surface area (Å²) in [6.07, 6.45) is 1.49. The minimum absolute atomic E-state index is 0.000556. The van der Waals surface area contributed by atoms with Crippen LogP contribution < -0.4 is 15.2 Å². The highest BCUT2D eigenvalue weighted by Crippen LogP contribution is 2.32. The van der Waals surface area contributed by atoms with Crippen LogP contribution in [0.25, 0.3) is 0 Å². The molecule has 0 aliphatic rings. The van der Waals surface area contributed by atoms with Gasteiger partial charge in [0.2, 0.25) is 10.0 Å². The number of methoxy groups -OCH3 is 1. The first kappa shape index (κ1) is 15.0. The second kappa shape index (κ2) is 5.73. The first-order valence-electron chi connectivity index (χ1n) is 5.09. The minimum Gasteiger partial charge on any atom is -0.495 e. The average Bonchev–Trinajstić information content (AvgIpc) is 2.31. The highest BCUT2D eigenvalue weighted by molar-refractivity contribution is 9.10. The number of anilines is 1. The molecule has 0 amide bonds. The number of hydrogen-bond acceptors (Lipinski definition) is 4. The number of benzene rings is 1. The summed E-state index contributed by atoms with van der Waals surface area (Å²) in [5.41, 5.74) is 6.01. The topological polar surface area (TPSA) is 81.4 Å². The van der Waals surface area contributed by atoms with Gasteiger partial charge < -0.3 is 10.5 Å². The quantitative estimate of drug-likeness (QED) is 0.636. The zero-order chi connectivity index (χ0) is 13.9. The van der Waals surface area contributed by atoms with Crippen LogP contribution in [0.1, 0.15) is 6.92 Å². The van der Waals surface area contributed by atoms with E-state index in [2.05, 4.69) is 27.2 Å². The van der Waals surface area contributed by atoms with Gasteiger partial charge in [-0.05, 0) is 35.0 Å². The molecule has 3 N–H and O–H groups in total. The molecular weight excluding hydrogens is 320 g/mol. The molecular formula is C11H15BrN2O3S. The second-order valence-corrected chi connectivity index (χ2v) is 6.21. The lowest BCUT2D eigenvalue weighted by molar-refractivity contribution is 0.402. The summed E-state index contributed by atoms with van der Waals surface area (Å²) in [6, 6.07) is 2.48. The number of ether oxygens (including phenoxy) is 1. The van der Waals surface area contributed by atoms with Crippen LogP contribution in [0.3, 0.4) is 0 Å². The molecule has 0 aromatic heterocycles. The molecule has 1 aromatic rings. The van der Waals surface area contributed by atoms with E-state index in [1.54, 1.807) is 6.92 Å². The van der Waals surface area contributed by atoms with Crippen molar-refractivity contribution in [3.63, 3.8) is 0 Å². The Morgan fingerprint density at radius 3 is 2.67 bits per heavy atom. The highest BCUT2D eigenvalue weighted by atomic mass is 79.9. The third kappa shape index (κ3) is 3.24. The summed E-state index contributed by atoms with van der Waals surface area (Å²) in [4.78, 5) is -0.000556. The van der Waals surface area contributed by atoms with Crippen LogP contribution in [0.15, 0.2) is 34.2 Å². The van der Waals surface area contributed by atoms with Crippen molar-refractivity contribution in [3.8, 4) is 5.75 Å². The maximum Gasteiger partial charge on any atom is 0.244 e. The molecule has 0 radical (unpaired) electrons. The van der Waals surface area contributed by atoms with Gasteiger partial charge in [0.05, 0.1) is 7.11 Å². The van der Waals surface area contributed by atoms with Gasteiger partial charge in [-0.15, -0.1) is 6.58 Å². The van der Waals surface area contributed by atoms with Crippen molar-refractivity contribution in [2.24, 2.45) is 0 Å². The van der Waals surface area contributed by atoms with Gasteiger partial charge in [-0.1, -0.05) is 6.08 Å². The van der Waals surface area contributed by atoms with E-state index in [1.807, 2.05) is 0 Å². The molecule has 1 aromatic carbocycles. The molecule has 0 heterocycles. The van der Waals surface area contributed by atoms with Crippen LogP contribution in [0, 0.1) is 0 Å². The summed E-state index contributed by atoms with van der Waals surface area (Å²) in [5.74, 6) is 0.222. The third-order valence-electron chi connectivity index (χ3n) is 2.27. The van der Waals surface area contributed by atoms with Crippen molar-refractivity contribution in [1.82, 2.24) is 4.72 Å². The maximum atomic E-state index is 12.1. The van der Waals surface area contributed by atoms with E-state index >= 15 is 0 Å². The van der Waals surface area contributed by atoms with Gasteiger partial charge in [-0.25, -0.2) is 13.1 Å². The van der Waals surface area contributed by atoms with E-state index in [-0.39, 0.29) is 16.7 Å². The monoisotopic (exact) mass is 334 g/mol. The normalized spacial score (nSPS) is 13.1. The molecule has 1 rings (SSSR count). The Kier molecular flexibility index (Phi) is 4.78. The van der Waals surface area contributed by atoms with Crippen LogP contribution in [0.2, 0.25) is 0 Å². The number of nitrogens with one attached hydrogen (secondary N) is 1. The average molecular weight is 335 g/mol. The molecule has 0 saturated carbocycles. The molecule has 5 nitrogen and oxygen atoms in total. The predicted molar refractivity (Wildman–Crippen MR) is 75.1 cm³/mol. The van der Waals surface area contributed by atoms with E-state index in [0.717, 1.165) is 0 Å². The molecule has 0 bridgehead atoms. The summed E-state index contributed by atoms with van der Waals surface area (Å²) in [6.45, 7) is 5.20. The number of halogens is 1. The molecule has 18 heavy (non-hydrogen) atoms. The first-order chi connectivity index (χ1) is 8.31. The third-order valence-corrected chi connectivity index (χ3v) is 4.53. The van der Waals surface area contributed by atoms with Crippen molar-refractivity contribution < 1.29 is 13.2 Å². The Balaban J connectivity index is 3.31. The van der Waals surface area contributed by atoms with Crippen molar-refractivity contribution >= 4 is 31.6 Å². The minimum atomic E-state index is -3.70. The van der Waals surface area contributed by atoms with Gasteiger partial charge in [0.1, 0.15) is 10.6 Å². The molecule has 0 saturated heterocycles. The SMILES string of the molecule is C=CC(C)NS(=O)(=O)c1cc(N)c(Br)cc1OC. The Bertz CT molecular complexity index is 558. The van der Waals surface area contributed by atoms with E-state index in [0.29, 0.717) is 10.2 Å². The fourth-order valence-corrected chi connectivity index (χ4v) is 3.00. The van der Waals surface area contributed by atoms with Gasteiger partial charge in [-0.2, -0.15) is 0 Å². The number of rotatable bonds is 5. The van der Waals surface area contributed by atoms with Crippen molar-refractivity contribution in [3.05, 3.63) is 29.3 Å². The fourth-order valence-electron chi connectivity index (χ4n) is 1.28. The summed E-state index contributed by atoms with van der Waals surface area (Å²) >= 11 is 3.22. The highest BCUT2D eigenvalue weighted by Gasteiger charge is 2.22. The lowest BCUT2D eigenvalue weighted by atomic mass is 10.3. The lowest BCUT2D eigenvalue weighted by Crippen LogP contribution is -2.31. The zero-order valence-electron chi connectivity index (χ0n) is 10.1. The van der Waals surface area contributed by atoms with Crippen molar-refractivity contribution in [2.45, 2.75) is 17.9 Å². The van der Waals surface area contributed by atoms with E-state index in [4.69, 9.17) is 10.5 Å². The summed E-state index contributed by atoms with van der Waals surface area (Å²) < 4.78 is 32.3. The first-order valence-corrected chi connectivity index (χ1v) is 7.37. The summed E-state index contributed by atoms with van der Waals surface area (Å²) in [7, 11) is -2.30. The molecule has 0 aliphatic heterocycles. The Morgan fingerprint density at radius 2 is 2.17 bits per heavy atom. The fraction of sp³-hybridized carbons (Fsp3) is 0.273. The molecule has 7 heteroatoms. The Hall–Kier alpha value is -1.05. The molecule has 0 aliphatic carbocycles. The van der Waals surface area contributed by atoms with Crippen molar-refractivity contribution in [2.75, 3.05) is 12.8 Å². The van der Waals surface area contributed by atoms with E-state index in [1.165, 1.54) is 25.3 Å². The van der Waals surface area contributed by atoms with Crippen molar-refractivity contribution in [1.29, 1.82) is 0 Å². The number of nitrogen functional groups attached to an aromatic ring is 1. The van der Waals surface area contributed by atoms with Gasteiger partial charge in [0, 0.05) is 16.2 Å². The van der Waals surface area contributed by atoms with Crippen LogP contribution in [-0.4, -0.2) is 21.6 Å². The van der Waals surface area contributed by atoms with E-state index < -0.39 is 10.0 Å². The van der Waals surface area contributed by atoms with Crippen LogP contribution >= 0.6 is 15.9 Å². The zero-order valence-corrected chi connectivity index (χ0v) is 12.5. The maximum absolute atomic E-state index is 12.1. The van der Waals surface area contributed by atoms with Crippen LogP contribution in [0.5, 0.6) is 5.75 Å². The van der Waals surface area contributed by atoms with Gasteiger partial charge in [-0.3, -0.25) is 0 Å². The summed E-state index contributed by atoms with van der Waals surface area (Å²) in [5, 5.41) is 0. The predicted octanol–water partition coefficient (Wildman–Crippen LogP) is 1.89. The molecule has 0 fully saturated rings. The number of sulfonamides is 1. The smallest absolute Gasteiger partial charge is 0.244 e. The van der Waals surface area contributed by atoms with E-state index in [9.17, 15) is 8.42 Å². The van der Waals surface area contributed by atoms with Crippen LogP contribution in [-0.2, 0) is 10.0 Å². The number of hydrogen-bond donors (Lipinski definition) is 2. The Labute approximate surface area is 115 Å².